The first-order chi connectivity index (χ1) is 9.63. The molecule has 0 amide bonds. The number of nitrogens with zero attached hydrogens (tertiary/aromatic N) is 2. The van der Waals surface area contributed by atoms with Crippen LogP contribution < -0.4 is 5.73 Å². The zero-order chi connectivity index (χ0) is 14.1. The van der Waals surface area contributed by atoms with Crippen molar-refractivity contribution in [2.45, 2.75) is 57.7 Å². The Labute approximate surface area is 125 Å². The highest BCUT2D eigenvalue weighted by molar-refractivity contribution is 7.15. The first kappa shape index (κ1) is 14.3. The van der Waals surface area contributed by atoms with Crippen LogP contribution in [0.25, 0.3) is 0 Å². The molecule has 2 fully saturated rings. The summed E-state index contributed by atoms with van der Waals surface area (Å²) in [4.78, 5) is 7.93. The van der Waals surface area contributed by atoms with Crippen LogP contribution in [-0.2, 0) is 6.54 Å². The molecule has 4 nitrogen and oxygen atoms in total. The molecule has 0 spiro atoms. The van der Waals surface area contributed by atoms with E-state index < -0.39 is 0 Å². The normalized spacial score (nSPS) is 35.5. The van der Waals surface area contributed by atoms with Gasteiger partial charge in [0.2, 0.25) is 0 Å². The minimum Gasteiger partial charge on any atom is -0.393 e. The van der Waals surface area contributed by atoms with Crippen molar-refractivity contribution in [3.63, 3.8) is 0 Å². The van der Waals surface area contributed by atoms with Gasteiger partial charge in [-0.3, -0.25) is 4.90 Å². The standard InChI is InChI=1S/C15H25N3OS/c1-10-4-5-14(19)12(7-10)13-3-2-6-18(13)9-11-8-17-15(16)20-11/h8,10,12-14,19H,2-7,9H2,1H3,(H2,16,17). The third kappa shape index (κ3) is 3.00. The number of aliphatic hydroxyl groups excluding tert-OH is 1. The minimum absolute atomic E-state index is 0.108. The van der Waals surface area contributed by atoms with Crippen LogP contribution in [0.15, 0.2) is 6.20 Å². The SMILES string of the molecule is CC1CCC(O)C(C2CCCN2Cc2cnc(N)s2)C1. The second-order valence-electron chi connectivity index (χ2n) is 6.49. The van der Waals surface area contributed by atoms with Crippen molar-refractivity contribution in [2.24, 2.45) is 11.8 Å². The Morgan fingerprint density at radius 2 is 2.30 bits per heavy atom. The third-order valence-corrected chi connectivity index (χ3v) is 5.77. The zero-order valence-corrected chi connectivity index (χ0v) is 13.0. The van der Waals surface area contributed by atoms with Crippen LogP contribution in [0.1, 0.15) is 43.9 Å². The van der Waals surface area contributed by atoms with E-state index in [-0.39, 0.29) is 6.10 Å². The van der Waals surface area contributed by atoms with Crippen LogP contribution in [0, 0.1) is 11.8 Å². The predicted molar refractivity (Wildman–Crippen MR) is 82.5 cm³/mol. The van der Waals surface area contributed by atoms with Gasteiger partial charge in [0.25, 0.3) is 0 Å². The van der Waals surface area contributed by atoms with Gasteiger partial charge in [0, 0.05) is 29.6 Å². The molecule has 1 saturated heterocycles. The summed E-state index contributed by atoms with van der Waals surface area (Å²) >= 11 is 1.59. The lowest BCUT2D eigenvalue weighted by Gasteiger charge is -2.39. The first-order valence-electron chi connectivity index (χ1n) is 7.76. The van der Waals surface area contributed by atoms with E-state index in [4.69, 9.17) is 5.73 Å². The van der Waals surface area contributed by atoms with E-state index in [0.29, 0.717) is 17.1 Å². The summed E-state index contributed by atoms with van der Waals surface area (Å²) in [6, 6.07) is 0.538. The van der Waals surface area contributed by atoms with Crippen LogP contribution in [0.4, 0.5) is 5.13 Å². The number of rotatable bonds is 3. The van der Waals surface area contributed by atoms with Gasteiger partial charge in [0.15, 0.2) is 5.13 Å². The topological polar surface area (TPSA) is 62.4 Å². The maximum absolute atomic E-state index is 10.4. The van der Waals surface area contributed by atoms with Crippen molar-refractivity contribution in [3.05, 3.63) is 11.1 Å². The summed E-state index contributed by atoms with van der Waals surface area (Å²) in [5.74, 6) is 1.21. The largest absolute Gasteiger partial charge is 0.393 e. The van der Waals surface area contributed by atoms with Crippen LogP contribution in [0.2, 0.25) is 0 Å². The molecule has 1 aromatic rings. The highest BCUT2D eigenvalue weighted by Crippen LogP contribution is 2.37. The summed E-state index contributed by atoms with van der Waals surface area (Å²) < 4.78 is 0. The molecular formula is C15H25N3OS. The molecule has 112 valence electrons. The molecule has 5 heteroatoms. The lowest BCUT2D eigenvalue weighted by Crippen LogP contribution is -2.43. The third-order valence-electron chi connectivity index (χ3n) is 4.96. The van der Waals surface area contributed by atoms with E-state index in [1.807, 2.05) is 6.20 Å². The number of hydrogen-bond donors (Lipinski definition) is 2. The molecule has 4 atom stereocenters. The maximum atomic E-state index is 10.4. The number of nitrogen functional groups attached to an aromatic ring is 1. The second kappa shape index (κ2) is 6.00. The van der Waals surface area contributed by atoms with Crippen molar-refractivity contribution in [2.75, 3.05) is 12.3 Å². The number of hydrogen-bond acceptors (Lipinski definition) is 5. The number of aromatic nitrogens is 1. The molecule has 1 aliphatic heterocycles. The molecule has 4 unspecified atom stereocenters. The maximum Gasteiger partial charge on any atom is 0.180 e. The van der Waals surface area contributed by atoms with Crippen LogP contribution in [0.3, 0.4) is 0 Å². The fraction of sp³-hybridized carbons (Fsp3) is 0.800. The van der Waals surface area contributed by atoms with E-state index in [1.54, 1.807) is 11.3 Å². The molecular weight excluding hydrogens is 270 g/mol. The van der Waals surface area contributed by atoms with Gasteiger partial charge in [-0.2, -0.15) is 0 Å². The monoisotopic (exact) mass is 295 g/mol. The number of thiazole rings is 1. The van der Waals surface area contributed by atoms with Crippen molar-refractivity contribution >= 4 is 16.5 Å². The molecule has 0 bridgehead atoms. The van der Waals surface area contributed by atoms with E-state index in [2.05, 4.69) is 16.8 Å². The lowest BCUT2D eigenvalue weighted by atomic mass is 9.76. The minimum atomic E-state index is -0.108. The molecule has 2 heterocycles. The Balaban J connectivity index is 1.68. The highest BCUT2D eigenvalue weighted by Gasteiger charge is 2.38. The smallest absolute Gasteiger partial charge is 0.180 e. The van der Waals surface area contributed by atoms with Crippen LogP contribution in [-0.4, -0.2) is 33.7 Å². The Hall–Kier alpha value is -0.650. The fourth-order valence-corrected chi connectivity index (χ4v) is 4.66. The Kier molecular flexibility index (Phi) is 4.29. The number of anilines is 1. The molecule has 1 aliphatic carbocycles. The summed E-state index contributed by atoms with van der Waals surface area (Å²) in [5.41, 5.74) is 5.72. The number of aliphatic hydroxyl groups is 1. The van der Waals surface area contributed by atoms with E-state index >= 15 is 0 Å². The molecule has 20 heavy (non-hydrogen) atoms. The van der Waals surface area contributed by atoms with Crippen molar-refractivity contribution < 1.29 is 5.11 Å². The van der Waals surface area contributed by atoms with E-state index in [0.717, 1.165) is 25.4 Å². The summed E-state index contributed by atoms with van der Waals surface area (Å²) in [5, 5.41) is 11.0. The van der Waals surface area contributed by atoms with Crippen LogP contribution in [0.5, 0.6) is 0 Å². The van der Waals surface area contributed by atoms with Crippen molar-refractivity contribution in [3.8, 4) is 0 Å². The molecule has 2 aliphatic rings. The molecule has 1 saturated carbocycles. The highest BCUT2D eigenvalue weighted by atomic mass is 32.1. The van der Waals surface area contributed by atoms with Gasteiger partial charge in [-0.1, -0.05) is 6.92 Å². The first-order valence-corrected chi connectivity index (χ1v) is 8.57. The molecule has 3 rings (SSSR count). The van der Waals surface area contributed by atoms with Gasteiger partial charge in [-0.05, 0) is 44.6 Å². The second-order valence-corrected chi connectivity index (χ2v) is 7.64. The fourth-order valence-electron chi connectivity index (χ4n) is 3.95. The van der Waals surface area contributed by atoms with E-state index in [1.165, 1.54) is 30.6 Å². The van der Waals surface area contributed by atoms with Gasteiger partial charge in [-0.15, -0.1) is 11.3 Å². The predicted octanol–water partition coefficient (Wildman–Crippen LogP) is 2.49. The number of nitrogens with two attached hydrogens (primary N) is 1. The Bertz CT molecular complexity index is 450. The zero-order valence-electron chi connectivity index (χ0n) is 12.2. The summed E-state index contributed by atoms with van der Waals surface area (Å²) in [6.07, 6.45) is 7.59. The Morgan fingerprint density at radius 3 is 3.05 bits per heavy atom. The van der Waals surface area contributed by atoms with Crippen molar-refractivity contribution in [1.29, 1.82) is 0 Å². The van der Waals surface area contributed by atoms with Gasteiger partial charge < -0.3 is 10.8 Å². The molecule has 3 N–H and O–H groups in total. The number of likely N-dealkylation sites (tertiary alicyclic amines) is 1. The summed E-state index contributed by atoms with van der Waals surface area (Å²) in [6.45, 7) is 4.40. The van der Waals surface area contributed by atoms with Gasteiger partial charge in [0.1, 0.15) is 0 Å². The summed E-state index contributed by atoms with van der Waals surface area (Å²) in [7, 11) is 0. The van der Waals surface area contributed by atoms with Gasteiger partial charge in [0.05, 0.1) is 6.10 Å². The van der Waals surface area contributed by atoms with Gasteiger partial charge in [-0.25, -0.2) is 4.98 Å². The van der Waals surface area contributed by atoms with Crippen molar-refractivity contribution in [1.82, 2.24) is 9.88 Å². The average molecular weight is 295 g/mol. The van der Waals surface area contributed by atoms with Crippen LogP contribution >= 0.6 is 11.3 Å². The quantitative estimate of drug-likeness (QED) is 0.899. The van der Waals surface area contributed by atoms with Gasteiger partial charge >= 0.3 is 0 Å². The Morgan fingerprint density at radius 1 is 1.45 bits per heavy atom. The molecule has 0 aromatic carbocycles. The lowest BCUT2D eigenvalue weighted by molar-refractivity contribution is 0.00574. The molecule has 1 aromatic heterocycles. The molecule has 0 radical (unpaired) electrons. The van der Waals surface area contributed by atoms with E-state index in [9.17, 15) is 5.11 Å². The average Bonchev–Trinajstić information content (AvgIpc) is 3.02.